The highest BCUT2D eigenvalue weighted by atomic mass is 32.1. The summed E-state index contributed by atoms with van der Waals surface area (Å²) in [7, 11) is 0. The minimum Gasteiger partial charge on any atom is -0.456 e. The lowest BCUT2D eigenvalue weighted by atomic mass is 10.0. The summed E-state index contributed by atoms with van der Waals surface area (Å²) in [6.45, 7) is 0. The molecule has 10 aromatic rings. The standard InChI is InChI=1S/C43H26N2O2S/c1-3-10-27(11-4-1)28-18-20-30(21-19-28)45(36-15-9-17-41-42(36)33-14-7-8-16-40(33)48-41)31-22-23-32-34-25-35-39(26-38(34)46-37(32)24-31)47-43(44-35)29-12-5-2-6-13-29/h1-26H. The van der Waals surface area contributed by atoms with Crippen LogP contribution in [0.2, 0.25) is 0 Å². The molecule has 3 heterocycles. The van der Waals surface area contributed by atoms with Gasteiger partial charge in [-0.25, -0.2) is 4.98 Å². The van der Waals surface area contributed by atoms with Gasteiger partial charge < -0.3 is 13.7 Å². The number of nitrogens with zero attached hydrogens (tertiary/aromatic N) is 2. The number of fused-ring (bicyclic) bond motifs is 7. The maximum atomic E-state index is 6.55. The molecule has 0 N–H and O–H groups in total. The quantitative estimate of drug-likeness (QED) is 0.189. The number of thiophene rings is 1. The van der Waals surface area contributed by atoms with Crippen LogP contribution >= 0.6 is 11.3 Å². The second-order valence-corrected chi connectivity index (χ2v) is 13.1. The first-order chi connectivity index (χ1) is 23.8. The minimum atomic E-state index is 0.605. The number of hydrogen-bond acceptors (Lipinski definition) is 5. The first kappa shape index (κ1) is 27.0. The Kier molecular flexibility index (Phi) is 6.01. The van der Waals surface area contributed by atoms with E-state index in [1.165, 1.54) is 31.3 Å². The number of oxazole rings is 1. The van der Waals surface area contributed by atoms with E-state index in [1.807, 2.05) is 47.7 Å². The number of furan rings is 1. The molecule has 4 nitrogen and oxygen atoms in total. The highest BCUT2D eigenvalue weighted by Crippen LogP contribution is 2.46. The predicted octanol–water partition coefficient (Wildman–Crippen LogP) is 12.9. The van der Waals surface area contributed by atoms with Crippen molar-refractivity contribution in [2.45, 2.75) is 0 Å². The van der Waals surface area contributed by atoms with Crippen LogP contribution in [0, 0.1) is 0 Å². The largest absolute Gasteiger partial charge is 0.456 e. The third kappa shape index (κ3) is 4.33. The van der Waals surface area contributed by atoms with E-state index in [2.05, 4.69) is 126 Å². The summed E-state index contributed by atoms with van der Waals surface area (Å²) in [5.74, 6) is 0.605. The monoisotopic (exact) mass is 634 g/mol. The predicted molar refractivity (Wildman–Crippen MR) is 200 cm³/mol. The molecule has 0 atom stereocenters. The maximum Gasteiger partial charge on any atom is 0.227 e. The molecule has 0 aliphatic heterocycles. The smallest absolute Gasteiger partial charge is 0.227 e. The van der Waals surface area contributed by atoms with E-state index in [0.717, 1.165) is 50.1 Å². The van der Waals surface area contributed by atoms with Crippen LogP contribution in [0.1, 0.15) is 0 Å². The molecular weight excluding hydrogens is 609 g/mol. The summed E-state index contributed by atoms with van der Waals surface area (Å²) in [5, 5.41) is 4.56. The number of hydrogen-bond donors (Lipinski definition) is 0. The van der Waals surface area contributed by atoms with Gasteiger partial charge in [-0.1, -0.05) is 84.9 Å². The van der Waals surface area contributed by atoms with E-state index in [9.17, 15) is 0 Å². The number of rotatable bonds is 5. The van der Waals surface area contributed by atoms with Crippen LogP contribution < -0.4 is 4.90 Å². The maximum absolute atomic E-state index is 6.55. The average molecular weight is 635 g/mol. The number of anilines is 3. The summed E-state index contributed by atoms with van der Waals surface area (Å²) in [5.41, 5.74) is 9.64. The van der Waals surface area contributed by atoms with E-state index in [0.29, 0.717) is 11.5 Å². The van der Waals surface area contributed by atoms with E-state index in [-0.39, 0.29) is 0 Å². The fraction of sp³-hybridized carbons (Fsp3) is 0. The normalized spacial score (nSPS) is 11.8. The topological polar surface area (TPSA) is 42.4 Å². The van der Waals surface area contributed by atoms with Crippen molar-refractivity contribution in [2.24, 2.45) is 0 Å². The zero-order chi connectivity index (χ0) is 31.6. The molecule has 48 heavy (non-hydrogen) atoms. The molecule has 0 unspecified atom stereocenters. The third-order valence-corrected chi connectivity index (χ3v) is 10.2. The van der Waals surface area contributed by atoms with Gasteiger partial charge >= 0.3 is 0 Å². The molecule has 0 saturated carbocycles. The summed E-state index contributed by atoms with van der Waals surface area (Å²) in [6, 6.07) is 55.1. The third-order valence-electron chi connectivity index (χ3n) is 9.10. The molecule has 0 aliphatic rings. The molecule has 0 fully saturated rings. The van der Waals surface area contributed by atoms with E-state index in [4.69, 9.17) is 13.8 Å². The lowest BCUT2D eigenvalue weighted by Crippen LogP contribution is -2.10. The van der Waals surface area contributed by atoms with Crippen molar-refractivity contribution >= 4 is 81.6 Å². The molecule has 0 saturated heterocycles. The molecule has 0 aliphatic carbocycles. The molecule has 0 amide bonds. The molecule has 0 spiro atoms. The fourth-order valence-electron chi connectivity index (χ4n) is 6.83. The Bertz CT molecular complexity index is 2780. The van der Waals surface area contributed by atoms with Crippen LogP contribution in [0.5, 0.6) is 0 Å². The van der Waals surface area contributed by atoms with Gasteiger partial charge in [0.05, 0.1) is 5.69 Å². The Morgan fingerprint density at radius 2 is 1.15 bits per heavy atom. The summed E-state index contributed by atoms with van der Waals surface area (Å²) < 4.78 is 15.2. The SMILES string of the molecule is c1ccc(-c2ccc(N(c3ccc4c(c3)oc3cc5oc(-c6ccccc6)nc5cc34)c3cccc4sc5ccccc5c34)cc2)cc1. The molecule has 7 aromatic carbocycles. The van der Waals surface area contributed by atoms with Crippen LogP contribution in [0.3, 0.4) is 0 Å². The average Bonchev–Trinajstić information content (AvgIpc) is 3.84. The van der Waals surface area contributed by atoms with Crippen LogP contribution in [0.25, 0.3) is 75.8 Å². The molecule has 0 bridgehead atoms. The van der Waals surface area contributed by atoms with Gasteiger partial charge in [-0.05, 0) is 71.8 Å². The Balaban J connectivity index is 1.15. The first-order valence-electron chi connectivity index (χ1n) is 15.9. The fourth-order valence-corrected chi connectivity index (χ4v) is 7.96. The summed E-state index contributed by atoms with van der Waals surface area (Å²) in [4.78, 5) is 7.16. The van der Waals surface area contributed by atoms with Crippen LogP contribution in [-0.2, 0) is 0 Å². The highest BCUT2D eigenvalue weighted by molar-refractivity contribution is 7.26. The second-order valence-electron chi connectivity index (χ2n) is 12.0. The van der Waals surface area contributed by atoms with Crippen molar-refractivity contribution in [3.05, 3.63) is 158 Å². The zero-order valence-electron chi connectivity index (χ0n) is 25.6. The van der Waals surface area contributed by atoms with Gasteiger partial charge in [0.15, 0.2) is 5.58 Å². The van der Waals surface area contributed by atoms with Crippen molar-refractivity contribution in [3.63, 3.8) is 0 Å². The van der Waals surface area contributed by atoms with Crippen molar-refractivity contribution in [3.8, 4) is 22.6 Å². The van der Waals surface area contributed by atoms with E-state index >= 15 is 0 Å². The van der Waals surface area contributed by atoms with Gasteiger partial charge in [0.25, 0.3) is 0 Å². The first-order valence-corrected chi connectivity index (χ1v) is 16.8. The second kappa shape index (κ2) is 10.7. The van der Waals surface area contributed by atoms with Crippen LogP contribution in [0.15, 0.2) is 167 Å². The molecule has 3 aromatic heterocycles. The van der Waals surface area contributed by atoms with E-state index < -0.39 is 0 Å². The Morgan fingerprint density at radius 3 is 1.98 bits per heavy atom. The highest BCUT2D eigenvalue weighted by Gasteiger charge is 2.21. The van der Waals surface area contributed by atoms with Crippen molar-refractivity contribution in [1.29, 1.82) is 0 Å². The van der Waals surface area contributed by atoms with Gasteiger partial charge in [0, 0.05) is 60.0 Å². The Morgan fingerprint density at radius 1 is 0.458 bits per heavy atom. The summed E-state index contributed by atoms with van der Waals surface area (Å²) >= 11 is 1.83. The van der Waals surface area contributed by atoms with Gasteiger partial charge in [-0.2, -0.15) is 0 Å². The lowest BCUT2D eigenvalue weighted by molar-refractivity contribution is 0.617. The Labute approximate surface area is 279 Å². The van der Waals surface area contributed by atoms with E-state index in [1.54, 1.807) is 0 Å². The van der Waals surface area contributed by atoms with Crippen molar-refractivity contribution in [2.75, 3.05) is 4.90 Å². The minimum absolute atomic E-state index is 0.605. The van der Waals surface area contributed by atoms with Crippen molar-refractivity contribution < 1.29 is 8.83 Å². The molecular formula is C43H26N2O2S. The van der Waals surface area contributed by atoms with Crippen LogP contribution in [-0.4, -0.2) is 4.98 Å². The van der Waals surface area contributed by atoms with Crippen LogP contribution in [0.4, 0.5) is 17.1 Å². The van der Waals surface area contributed by atoms with Crippen molar-refractivity contribution in [1.82, 2.24) is 4.98 Å². The van der Waals surface area contributed by atoms with Gasteiger partial charge in [-0.3, -0.25) is 0 Å². The number of benzene rings is 7. The van der Waals surface area contributed by atoms with Gasteiger partial charge in [0.2, 0.25) is 5.89 Å². The lowest BCUT2D eigenvalue weighted by Gasteiger charge is -2.26. The molecule has 0 radical (unpaired) electrons. The molecule has 5 heteroatoms. The zero-order valence-corrected chi connectivity index (χ0v) is 26.4. The Hall–Kier alpha value is -6.17. The van der Waals surface area contributed by atoms with Gasteiger partial charge in [-0.15, -0.1) is 11.3 Å². The number of aromatic nitrogens is 1. The van der Waals surface area contributed by atoms with Gasteiger partial charge in [0.1, 0.15) is 16.7 Å². The molecule has 10 rings (SSSR count). The summed E-state index contributed by atoms with van der Waals surface area (Å²) in [6.07, 6.45) is 0. The molecule has 226 valence electrons.